The van der Waals surface area contributed by atoms with Gasteiger partial charge in [-0.05, 0) is 6.42 Å². The van der Waals surface area contributed by atoms with Gasteiger partial charge in [-0.2, -0.15) is 0 Å². The lowest BCUT2D eigenvalue weighted by Crippen LogP contribution is -2.33. The van der Waals surface area contributed by atoms with E-state index in [1.54, 1.807) is 0 Å². The number of hydrogen-bond donors (Lipinski definition) is 0. The molecule has 0 aromatic heterocycles. The van der Waals surface area contributed by atoms with Crippen molar-refractivity contribution in [2.45, 2.75) is 30.5 Å². The zero-order valence-corrected chi connectivity index (χ0v) is 6.84. The second kappa shape index (κ2) is 1.93. The molecule has 0 aromatic carbocycles. The van der Waals surface area contributed by atoms with Crippen LogP contribution in [0.2, 0.25) is 0 Å². The van der Waals surface area contributed by atoms with Gasteiger partial charge in [-0.25, -0.2) is 4.90 Å². The number of thioether (sulfide) groups is 1. The van der Waals surface area contributed by atoms with Gasteiger partial charge in [0.05, 0.1) is 5.37 Å². The molecule has 0 spiro atoms. The predicted octanol–water partition coefficient (Wildman–Crippen LogP) is 0.407. The third-order valence-corrected chi connectivity index (χ3v) is 4.03. The summed E-state index contributed by atoms with van der Waals surface area (Å²) in [5.41, 5.74) is 0. The fraction of sp³-hybridized carbons (Fsp3) is 0.857. The van der Waals surface area contributed by atoms with Crippen LogP contribution < -0.4 is 0 Å². The first-order chi connectivity index (χ1) is 5.36. The van der Waals surface area contributed by atoms with Gasteiger partial charge >= 0.3 is 5.97 Å². The number of carbonyl (C=O) groups is 1. The second-order valence-electron chi connectivity index (χ2n) is 3.22. The van der Waals surface area contributed by atoms with E-state index in [1.807, 2.05) is 11.8 Å². The van der Waals surface area contributed by atoms with Crippen LogP contribution in [0.3, 0.4) is 0 Å². The monoisotopic (exact) mass is 171 g/mol. The third-order valence-electron chi connectivity index (χ3n) is 2.66. The van der Waals surface area contributed by atoms with Crippen LogP contribution in [0.4, 0.5) is 0 Å². The lowest BCUT2D eigenvalue weighted by Gasteiger charge is -2.14. The highest BCUT2D eigenvalue weighted by Crippen LogP contribution is 2.44. The van der Waals surface area contributed by atoms with Crippen LogP contribution in [0.25, 0.3) is 0 Å². The molecule has 11 heavy (non-hydrogen) atoms. The molecule has 3 aliphatic rings. The van der Waals surface area contributed by atoms with Gasteiger partial charge in [0.2, 0.25) is 0 Å². The molecule has 3 rings (SSSR count). The molecule has 3 heterocycles. The summed E-state index contributed by atoms with van der Waals surface area (Å²) in [5, 5.41) is 0.580. The van der Waals surface area contributed by atoms with Crippen molar-refractivity contribution >= 4 is 17.7 Å². The van der Waals surface area contributed by atoms with Crippen LogP contribution in [0.15, 0.2) is 0 Å². The van der Waals surface area contributed by atoms with Gasteiger partial charge in [0.1, 0.15) is 6.04 Å². The number of carbonyl (C=O) groups excluding carboxylic acids is 1. The first-order valence-corrected chi connectivity index (χ1v) is 5.01. The summed E-state index contributed by atoms with van der Waals surface area (Å²) in [6.07, 6.45) is 2.37. The van der Waals surface area contributed by atoms with Crippen LogP contribution in [0, 0.1) is 0 Å². The lowest BCUT2D eigenvalue weighted by molar-refractivity contribution is -0.142. The van der Waals surface area contributed by atoms with E-state index in [1.165, 1.54) is 6.42 Å². The summed E-state index contributed by atoms with van der Waals surface area (Å²) in [5.74, 6) is 0.949. The predicted molar refractivity (Wildman–Crippen MR) is 41.0 cm³/mol. The van der Waals surface area contributed by atoms with E-state index < -0.39 is 0 Å². The van der Waals surface area contributed by atoms with Crippen LogP contribution in [0.1, 0.15) is 12.8 Å². The van der Waals surface area contributed by atoms with Gasteiger partial charge in [0, 0.05) is 12.2 Å². The van der Waals surface area contributed by atoms with E-state index in [4.69, 9.17) is 4.74 Å². The zero-order chi connectivity index (χ0) is 7.42. The first kappa shape index (κ1) is 6.31. The summed E-state index contributed by atoms with van der Waals surface area (Å²) < 4.78 is 5.19. The fourth-order valence-corrected chi connectivity index (χ4v) is 3.62. The quantitative estimate of drug-likeness (QED) is 0.494. The molecule has 3 saturated heterocycles. The van der Waals surface area contributed by atoms with Crippen molar-refractivity contribution in [1.82, 2.24) is 4.90 Å². The lowest BCUT2D eigenvalue weighted by atomic mass is 10.3. The van der Waals surface area contributed by atoms with E-state index in [0.717, 1.165) is 12.2 Å². The Kier molecular flexibility index (Phi) is 1.11. The largest absolute Gasteiger partial charge is 0.445 e. The average Bonchev–Trinajstić information content (AvgIpc) is 2.53. The molecule has 0 saturated carbocycles. The molecular formula is C7H9NO2S. The molecule has 0 radical (unpaired) electrons. The van der Waals surface area contributed by atoms with Gasteiger partial charge in [-0.15, -0.1) is 11.8 Å². The van der Waals surface area contributed by atoms with E-state index in [-0.39, 0.29) is 18.2 Å². The van der Waals surface area contributed by atoms with Gasteiger partial charge in [-0.3, -0.25) is 4.79 Å². The van der Waals surface area contributed by atoms with E-state index in [2.05, 4.69) is 4.90 Å². The zero-order valence-electron chi connectivity index (χ0n) is 6.03. The van der Waals surface area contributed by atoms with Crippen molar-refractivity contribution in [1.29, 1.82) is 0 Å². The maximum Gasteiger partial charge on any atom is 0.325 e. The molecule has 0 aromatic rings. The van der Waals surface area contributed by atoms with Crippen molar-refractivity contribution in [2.75, 3.05) is 5.75 Å². The van der Waals surface area contributed by atoms with Crippen LogP contribution in [-0.4, -0.2) is 34.3 Å². The van der Waals surface area contributed by atoms with Gasteiger partial charge in [0.25, 0.3) is 0 Å². The topological polar surface area (TPSA) is 29.5 Å². The Morgan fingerprint density at radius 3 is 3.36 bits per heavy atom. The Bertz CT molecular complexity index is 220. The van der Waals surface area contributed by atoms with Crippen molar-refractivity contribution < 1.29 is 9.53 Å². The average molecular weight is 171 g/mol. The molecule has 3 atom stereocenters. The normalized spacial score (nSPS) is 48.0. The van der Waals surface area contributed by atoms with Crippen molar-refractivity contribution in [3.05, 3.63) is 0 Å². The van der Waals surface area contributed by atoms with Gasteiger partial charge < -0.3 is 4.74 Å². The minimum absolute atomic E-state index is 0.00435. The van der Waals surface area contributed by atoms with Crippen molar-refractivity contribution in [3.63, 3.8) is 0 Å². The molecule has 0 aliphatic carbocycles. The molecule has 60 valence electrons. The molecule has 3 nitrogen and oxygen atoms in total. The smallest absolute Gasteiger partial charge is 0.325 e. The highest BCUT2D eigenvalue weighted by molar-refractivity contribution is 8.00. The van der Waals surface area contributed by atoms with Crippen molar-refractivity contribution in [3.8, 4) is 0 Å². The van der Waals surface area contributed by atoms with Gasteiger partial charge in [0.15, 0.2) is 6.23 Å². The molecule has 3 aliphatic heterocycles. The summed E-state index contributed by atoms with van der Waals surface area (Å²) >= 11 is 1.90. The van der Waals surface area contributed by atoms with E-state index >= 15 is 0 Å². The van der Waals surface area contributed by atoms with E-state index in [0.29, 0.717) is 5.37 Å². The van der Waals surface area contributed by atoms with Crippen LogP contribution >= 0.6 is 11.8 Å². The SMILES string of the molecule is O=C1O[C@H]2CC[C@H]3SC[C@@H]1N23. The maximum absolute atomic E-state index is 11.2. The number of hydrogen-bond acceptors (Lipinski definition) is 4. The summed E-state index contributed by atoms with van der Waals surface area (Å²) in [7, 11) is 0. The third kappa shape index (κ3) is 0.667. The van der Waals surface area contributed by atoms with Crippen molar-refractivity contribution in [2.24, 2.45) is 0 Å². The highest BCUT2D eigenvalue weighted by Gasteiger charge is 2.53. The minimum atomic E-state index is 0.00435. The number of rotatable bonds is 0. The number of ether oxygens (including phenoxy) is 1. The molecule has 0 bridgehead atoms. The summed E-state index contributed by atoms with van der Waals surface area (Å²) in [6.45, 7) is 0. The maximum atomic E-state index is 11.2. The van der Waals surface area contributed by atoms with Gasteiger partial charge in [-0.1, -0.05) is 0 Å². The second-order valence-corrected chi connectivity index (χ2v) is 4.43. The standard InChI is InChI=1S/C7H9NO2S/c9-7-4-3-11-6-2-1-5(10-7)8(4)6/h4-6H,1-3H2/t4-,5-,6+/m0/s1. The highest BCUT2D eigenvalue weighted by atomic mass is 32.2. The number of esters is 1. The summed E-state index contributed by atoms with van der Waals surface area (Å²) in [4.78, 5) is 13.4. The Balaban J connectivity index is 1.99. The van der Waals surface area contributed by atoms with E-state index in [9.17, 15) is 4.79 Å². The molecule has 0 amide bonds. The molecule has 3 fully saturated rings. The summed E-state index contributed by atoms with van der Waals surface area (Å²) in [6, 6.07) is 0.0949. The Morgan fingerprint density at radius 2 is 2.45 bits per heavy atom. The molecule has 4 heteroatoms. The molecule has 0 N–H and O–H groups in total. The minimum Gasteiger partial charge on any atom is -0.445 e. The van der Waals surface area contributed by atoms with Crippen LogP contribution in [0.5, 0.6) is 0 Å². The number of nitrogens with zero attached hydrogens (tertiary/aromatic N) is 1. The molecule has 0 unspecified atom stereocenters. The molecular weight excluding hydrogens is 162 g/mol. The van der Waals surface area contributed by atoms with Crippen LogP contribution in [-0.2, 0) is 9.53 Å². The Morgan fingerprint density at radius 1 is 1.55 bits per heavy atom. The Labute approximate surface area is 69.1 Å². The fourth-order valence-electron chi connectivity index (χ4n) is 2.15. The Hall–Kier alpha value is -0.220. The first-order valence-electron chi connectivity index (χ1n) is 3.96.